The highest BCUT2D eigenvalue weighted by Gasteiger charge is 2.04. The fourth-order valence-electron chi connectivity index (χ4n) is 2.26. The number of nitro groups is 1. The van der Waals surface area contributed by atoms with Gasteiger partial charge in [-0.05, 0) is 41.3 Å². The van der Waals surface area contributed by atoms with Crippen molar-refractivity contribution < 1.29 is 9.72 Å². The van der Waals surface area contributed by atoms with Crippen molar-refractivity contribution in [3.05, 3.63) is 98.2 Å². The molecule has 0 saturated carbocycles. The Morgan fingerprint density at radius 3 is 2.70 bits per heavy atom. The van der Waals surface area contributed by atoms with Crippen molar-refractivity contribution in [2.24, 2.45) is 0 Å². The van der Waals surface area contributed by atoms with Gasteiger partial charge < -0.3 is 5.32 Å². The summed E-state index contributed by atoms with van der Waals surface area (Å²) in [4.78, 5) is 23.4. The van der Waals surface area contributed by atoms with E-state index in [9.17, 15) is 14.9 Å². The van der Waals surface area contributed by atoms with E-state index in [1.54, 1.807) is 35.6 Å². The number of hydrogen-bond donors (Lipinski definition) is 1. The van der Waals surface area contributed by atoms with E-state index in [1.807, 2.05) is 29.6 Å². The normalized spacial score (nSPS) is 10.2. The molecule has 3 rings (SSSR count). The third-order valence-electron chi connectivity index (χ3n) is 3.49. The van der Waals surface area contributed by atoms with E-state index < -0.39 is 4.92 Å². The quantitative estimate of drug-likeness (QED) is 0.311. The lowest BCUT2D eigenvalue weighted by atomic mass is 10.2. The Labute approximate surface area is 160 Å². The van der Waals surface area contributed by atoms with Crippen LogP contribution in [-0.2, 0) is 4.79 Å². The second kappa shape index (κ2) is 8.61. The van der Waals surface area contributed by atoms with Gasteiger partial charge in [-0.2, -0.15) is 0 Å². The van der Waals surface area contributed by atoms with Crippen LogP contribution in [0.3, 0.4) is 0 Å². The predicted octanol–water partition coefficient (Wildman–Crippen LogP) is 4.71. The molecule has 0 bridgehead atoms. The van der Waals surface area contributed by atoms with E-state index in [4.69, 9.17) is 0 Å². The maximum Gasteiger partial charge on any atom is 0.270 e. The summed E-state index contributed by atoms with van der Waals surface area (Å²) < 4.78 is 0. The van der Waals surface area contributed by atoms with Crippen molar-refractivity contribution in [1.82, 2.24) is 0 Å². The zero-order valence-corrected chi connectivity index (χ0v) is 14.9. The number of benzene rings is 2. The molecule has 0 atom stereocenters. The van der Waals surface area contributed by atoms with Crippen LogP contribution in [0.25, 0.3) is 6.08 Å². The molecule has 132 valence electrons. The molecule has 27 heavy (non-hydrogen) atoms. The van der Waals surface area contributed by atoms with E-state index in [0.717, 1.165) is 10.4 Å². The minimum Gasteiger partial charge on any atom is -0.322 e. The minimum atomic E-state index is -0.472. The van der Waals surface area contributed by atoms with E-state index in [-0.39, 0.29) is 11.6 Å². The Kier molecular flexibility index (Phi) is 5.77. The number of rotatable bonds is 4. The summed E-state index contributed by atoms with van der Waals surface area (Å²) in [5, 5.41) is 15.5. The Morgan fingerprint density at radius 1 is 1.07 bits per heavy atom. The summed E-state index contributed by atoms with van der Waals surface area (Å²) in [6.07, 6.45) is 2.87. The number of hydrogen-bond acceptors (Lipinski definition) is 4. The number of anilines is 1. The van der Waals surface area contributed by atoms with Gasteiger partial charge in [0.15, 0.2) is 0 Å². The standard InChI is InChI=1S/C21H14N2O3S/c24-21(12-10-17-5-2-7-19(15-17)23(25)26)22-18-6-1-4-16(14-18)9-11-20-8-3-13-27-20/h1-8,10,12-15H,(H,22,24)/b12-10+. The van der Waals surface area contributed by atoms with Crippen LogP contribution in [-0.4, -0.2) is 10.8 Å². The Hall–Kier alpha value is -3.69. The van der Waals surface area contributed by atoms with Crippen molar-refractivity contribution in [2.75, 3.05) is 5.32 Å². The summed E-state index contributed by atoms with van der Waals surface area (Å²) in [5.74, 6) is 5.80. The van der Waals surface area contributed by atoms with Crippen LogP contribution in [0.5, 0.6) is 0 Å². The summed E-state index contributed by atoms with van der Waals surface area (Å²) in [7, 11) is 0. The molecule has 0 aliphatic rings. The zero-order valence-electron chi connectivity index (χ0n) is 14.1. The molecule has 0 spiro atoms. The SMILES string of the molecule is O=C(/C=C/c1cccc([N+](=O)[O-])c1)Nc1cccc(C#Cc2cccs2)c1. The highest BCUT2D eigenvalue weighted by Crippen LogP contribution is 2.15. The molecule has 0 unspecified atom stereocenters. The molecule has 0 aliphatic heterocycles. The highest BCUT2D eigenvalue weighted by atomic mass is 32.1. The molecule has 1 N–H and O–H groups in total. The molecular formula is C21H14N2O3S. The number of carbonyl (C=O) groups excluding carboxylic acids is 1. The molecule has 0 fully saturated rings. The molecule has 5 nitrogen and oxygen atoms in total. The predicted molar refractivity (Wildman–Crippen MR) is 108 cm³/mol. The molecule has 1 amide bonds. The van der Waals surface area contributed by atoms with Crippen molar-refractivity contribution in [1.29, 1.82) is 0 Å². The van der Waals surface area contributed by atoms with Gasteiger partial charge >= 0.3 is 0 Å². The molecular weight excluding hydrogens is 360 g/mol. The number of non-ortho nitro benzene ring substituents is 1. The van der Waals surface area contributed by atoms with Gasteiger partial charge in [0.05, 0.1) is 9.80 Å². The summed E-state index contributed by atoms with van der Waals surface area (Å²) >= 11 is 1.57. The first-order valence-corrected chi connectivity index (χ1v) is 8.87. The Bertz CT molecular complexity index is 1060. The van der Waals surface area contributed by atoms with Gasteiger partial charge in [0, 0.05) is 29.5 Å². The second-order valence-corrected chi connectivity index (χ2v) is 6.43. The average Bonchev–Trinajstić information content (AvgIpc) is 3.19. The van der Waals surface area contributed by atoms with Crippen molar-refractivity contribution in [3.8, 4) is 11.8 Å². The lowest BCUT2D eigenvalue weighted by Crippen LogP contribution is -2.07. The molecule has 0 aliphatic carbocycles. The van der Waals surface area contributed by atoms with Crippen LogP contribution in [0.2, 0.25) is 0 Å². The summed E-state index contributed by atoms with van der Waals surface area (Å²) in [6, 6.07) is 17.2. The third kappa shape index (κ3) is 5.39. The Balaban J connectivity index is 1.66. The van der Waals surface area contributed by atoms with Gasteiger partial charge in [-0.25, -0.2) is 0 Å². The molecule has 1 heterocycles. The lowest BCUT2D eigenvalue weighted by Gasteiger charge is -2.02. The van der Waals surface area contributed by atoms with Crippen molar-refractivity contribution in [2.45, 2.75) is 0 Å². The molecule has 0 saturated heterocycles. The first-order valence-electron chi connectivity index (χ1n) is 7.99. The molecule has 2 aromatic carbocycles. The van der Waals surface area contributed by atoms with Gasteiger partial charge in [0.2, 0.25) is 5.91 Å². The number of nitro benzene ring substituents is 1. The molecule has 0 radical (unpaired) electrons. The van der Waals surface area contributed by atoms with Gasteiger partial charge in [-0.15, -0.1) is 11.3 Å². The van der Waals surface area contributed by atoms with E-state index >= 15 is 0 Å². The van der Waals surface area contributed by atoms with Gasteiger partial charge in [-0.3, -0.25) is 14.9 Å². The fraction of sp³-hybridized carbons (Fsp3) is 0. The maximum absolute atomic E-state index is 12.1. The first kappa shape index (κ1) is 18.1. The van der Waals surface area contributed by atoms with Crippen molar-refractivity contribution >= 4 is 34.7 Å². The van der Waals surface area contributed by atoms with Crippen LogP contribution in [0, 0.1) is 22.0 Å². The fourth-order valence-corrected chi connectivity index (χ4v) is 2.83. The number of amides is 1. The van der Waals surface area contributed by atoms with Crippen molar-refractivity contribution in [3.63, 3.8) is 0 Å². The van der Waals surface area contributed by atoms with Crippen LogP contribution in [0.1, 0.15) is 16.0 Å². The second-order valence-electron chi connectivity index (χ2n) is 5.48. The van der Waals surface area contributed by atoms with Gasteiger partial charge in [-0.1, -0.05) is 36.1 Å². The third-order valence-corrected chi connectivity index (χ3v) is 4.27. The first-order chi connectivity index (χ1) is 13.1. The van der Waals surface area contributed by atoms with Gasteiger partial charge in [0.25, 0.3) is 5.69 Å². The number of carbonyl (C=O) groups is 1. The number of thiophene rings is 1. The number of nitrogens with zero attached hydrogens (tertiary/aromatic N) is 1. The lowest BCUT2D eigenvalue weighted by molar-refractivity contribution is -0.384. The van der Waals surface area contributed by atoms with Crippen LogP contribution in [0.4, 0.5) is 11.4 Å². The topological polar surface area (TPSA) is 72.2 Å². The molecule has 6 heteroatoms. The van der Waals surface area contributed by atoms with Crippen LogP contribution < -0.4 is 5.32 Å². The summed E-state index contributed by atoms with van der Waals surface area (Å²) in [5.41, 5.74) is 1.98. The van der Waals surface area contributed by atoms with E-state index in [1.165, 1.54) is 24.3 Å². The molecule has 3 aromatic rings. The Morgan fingerprint density at radius 2 is 1.93 bits per heavy atom. The number of nitrogens with one attached hydrogen (secondary N) is 1. The molecule has 1 aromatic heterocycles. The van der Waals surface area contributed by atoms with Crippen LogP contribution >= 0.6 is 11.3 Å². The van der Waals surface area contributed by atoms with Gasteiger partial charge in [0.1, 0.15) is 0 Å². The smallest absolute Gasteiger partial charge is 0.270 e. The zero-order chi connectivity index (χ0) is 19.1. The summed E-state index contributed by atoms with van der Waals surface area (Å²) in [6.45, 7) is 0. The maximum atomic E-state index is 12.1. The monoisotopic (exact) mass is 374 g/mol. The average molecular weight is 374 g/mol. The van der Waals surface area contributed by atoms with Crippen LogP contribution in [0.15, 0.2) is 72.1 Å². The van der Waals surface area contributed by atoms with E-state index in [2.05, 4.69) is 17.2 Å². The minimum absolute atomic E-state index is 0.0189. The highest BCUT2D eigenvalue weighted by molar-refractivity contribution is 7.10. The largest absolute Gasteiger partial charge is 0.322 e. The van der Waals surface area contributed by atoms with E-state index in [0.29, 0.717) is 11.3 Å².